The molecule has 2 rings (SSSR count). The molecule has 0 saturated heterocycles. The van der Waals surface area contributed by atoms with Crippen LogP contribution in [0.25, 0.3) is 0 Å². The van der Waals surface area contributed by atoms with Crippen molar-refractivity contribution in [3.63, 3.8) is 0 Å². The third-order valence-electron chi connectivity index (χ3n) is 2.94. The highest BCUT2D eigenvalue weighted by Crippen LogP contribution is 2.25. The number of alkyl halides is 3. The molecule has 1 heterocycles. The highest BCUT2D eigenvalue weighted by atomic mass is 19.4. The van der Waals surface area contributed by atoms with Gasteiger partial charge in [-0.05, 0) is 30.7 Å². The van der Waals surface area contributed by atoms with E-state index in [0.29, 0.717) is 11.4 Å². The average Bonchev–Trinajstić information content (AvgIpc) is 2.46. The smallest absolute Gasteiger partial charge is 0.406 e. The topological polar surface area (TPSA) is 77.3 Å². The van der Waals surface area contributed by atoms with E-state index in [-0.39, 0.29) is 17.5 Å². The molecule has 0 aliphatic heterocycles. The van der Waals surface area contributed by atoms with E-state index in [4.69, 9.17) is 0 Å². The molecule has 0 aliphatic rings. The van der Waals surface area contributed by atoms with Crippen LogP contribution in [-0.4, -0.2) is 16.3 Å². The minimum Gasteiger partial charge on any atom is -0.406 e. The molecule has 0 aliphatic carbocycles. The fraction of sp³-hybridized carbons (Fsp3) is 0.214. The van der Waals surface area contributed by atoms with Crippen molar-refractivity contribution in [2.24, 2.45) is 0 Å². The lowest BCUT2D eigenvalue weighted by atomic mass is 10.1. The third kappa shape index (κ3) is 4.83. The summed E-state index contributed by atoms with van der Waals surface area (Å²) in [4.78, 5) is 13.9. The van der Waals surface area contributed by atoms with E-state index < -0.39 is 11.3 Å². The van der Waals surface area contributed by atoms with Crippen molar-refractivity contribution >= 4 is 11.5 Å². The number of rotatable bonds is 5. The highest BCUT2D eigenvalue weighted by molar-refractivity contribution is 5.42. The van der Waals surface area contributed by atoms with Crippen LogP contribution in [-0.2, 0) is 0 Å². The number of ether oxygens (including phenoxy) is 1. The Morgan fingerprint density at radius 1 is 1.22 bits per heavy atom. The van der Waals surface area contributed by atoms with Gasteiger partial charge in [-0.15, -0.1) is 13.2 Å². The van der Waals surface area contributed by atoms with Crippen molar-refractivity contribution < 1.29 is 22.8 Å². The van der Waals surface area contributed by atoms with Gasteiger partial charge in [-0.3, -0.25) is 10.1 Å². The number of hydrogen-bond donors (Lipinski definition) is 1. The molecular formula is C14H12F3N3O3. The zero-order chi connectivity index (χ0) is 17.0. The summed E-state index contributed by atoms with van der Waals surface area (Å²) in [5, 5.41) is 13.5. The van der Waals surface area contributed by atoms with Crippen LogP contribution in [0.5, 0.6) is 5.75 Å². The zero-order valence-electron chi connectivity index (χ0n) is 11.9. The van der Waals surface area contributed by atoms with Crippen LogP contribution in [0.15, 0.2) is 42.6 Å². The number of nitrogens with one attached hydrogen (secondary N) is 1. The van der Waals surface area contributed by atoms with E-state index in [1.54, 1.807) is 6.92 Å². The molecule has 1 aromatic carbocycles. The molecule has 0 fully saturated rings. The summed E-state index contributed by atoms with van der Waals surface area (Å²) in [5.41, 5.74) is 0.580. The minimum absolute atomic E-state index is 0.128. The van der Waals surface area contributed by atoms with Crippen LogP contribution in [0.4, 0.5) is 24.7 Å². The van der Waals surface area contributed by atoms with E-state index >= 15 is 0 Å². The summed E-state index contributed by atoms with van der Waals surface area (Å²) in [6.45, 7) is 1.78. The van der Waals surface area contributed by atoms with Gasteiger partial charge >= 0.3 is 6.36 Å². The third-order valence-corrected chi connectivity index (χ3v) is 2.94. The minimum atomic E-state index is -4.73. The molecule has 1 atom stereocenters. The van der Waals surface area contributed by atoms with Gasteiger partial charge in [-0.1, -0.05) is 12.1 Å². The van der Waals surface area contributed by atoms with Crippen molar-refractivity contribution in [1.82, 2.24) is 4.98 Å². The van der Waals surface area contributed by atoms with E-state index in [2.05, 4.69) is 15.0 Å². The van der Waals surface area contributed by atoms with Gasteiger partial charge in [-0.2, -0.15) is 0 Å². The molecule has 23 heavy (non-hydrogen) atoms. The van der Waals surface area contributed by atoms with Gasteiger partial charge in [0.2, 0.25) is 0 Å². The molecule has 0 unspecified atom stereocenters. The van der Waals surface area contributed by atoms with Crippen molar-refractivity contribution in [1.29, 1.82) is 0 Å². The summed E-state index contributed by atoms with van der Waals surface area (Å²) < 4.78 is 40.1. The van der Waals surface area contributed by atoms with Crippen molar-refractivity contribution in [2.75, 3.05) is 5.32 Å². The van der Waals surface area contributed by atoms with Gasteiger partial charge in [-0.25, -0.2) is 4.98 Å². The fourth-order valence-electron chi connectivity index (χ4n) is 1.84. The number of nitro groups is 1. The standard InChI is InChI=1S/C14H12F3N3O3/c1-9(19-13-7-4-11(8-18-13)20(21)22)10-2-5-12(6-3-10)23-14(15,16)17/h2-9H,1H3,(H,18,19)/t9-/m0/s1. The Bertz CT molecular complexity index is 672. The first-order valence-electron chi connectivity index (χ1n) is 6.47. The molecule has 122 valence electrons. The molecule has 0 saturated carbocycles. The maximum atomic E-state index is 12.1. The number of benzene rings is 1. The summed E-state index contributed by atoms with van der Waals surface area (Å²) in [7, 11) is 0. The molecule has 0 spiro atoms. The van der Waals surface area contributed by atoms with Crippen molar-refractivity contribution in [3.05, 3.63) is 58.3 Å². The predicted molar refractivity (Wildman–Crippen MR) is 76.1 cm³/mol. The van der Waals surface area contributed by atoms with Gasteiger partial charge in [0.25, 0.3) is 5.69 Å². The van der Waals surface area contributed by atoms with Gasteiger partial charge in [0.15, 0.2) is 0 Å². The lowest BCUT2D eigenvalue weighted by molar-refractivity contribution is -0.385. The van der Waals surface area contributed by atoms with Crippen LogP contribution >= 0.6 is 0 Å². The molecule has 1 aromatic heterocycles. The second-order valence-electron chi connectivity index (χ2n) is 4.64. The van der Waals surface area contributed by atoms with E-state index in [1.165, 1.54) is 36.4 Å². The van der Waals surface area contributed by atoms with Crippen LogP contribution < -0.4 is 10.1 Å². The normalized spacial score (nSPS) is 12.5. The molecule has 6 nitrogen and oxygen atoms in total. The average molecular weight is 327 g/mol. The predicted octanol–water partition coefficient (Wildman–Crippen LogP) is 4.06. The van der Waals surface area contributed by atoms with Gasteiger partial charge in [0, 0.05) is 12.1 Å². The SMILES string of the molecule is C[C@H](Nc1ccc([N+](=O)[O-])cn1)c1ccc(OC(F)(F)F)cc1. The highest BCUT2D eigenvalue weighted by Gasteiger charge is 2.31. The summed E-state index contributed by atoms with van der Waals surface area (Å²) >= 11 is 0. The van der Waals surface area contributed by atoms with Gasteiger partial charge in [0.05, 0.1) is 4.92 Å². The van der Waals surface area contributed by atoms with Gasteiger partial charge < -0.3 is 10.1 Å². The Labute approximate surface area is 129 Å². The number of pyridine rings is 1. The van der Waals surface area contributed by atoms with E-state index in [0.717, 1.165) is 6.20 Å². The number of halogens is 3. The Morgan fingerprint density at radius 3 is 2.35 bits per heavy atom. The second-order valence-corrected chi connectivity index (χ2v) is 4.64. The Kier molecular flexibility index (Phi) is 4.68. The quantitative estimate of drug-likeness (QED) is 0.662. The zero-order valence-corrected chi connectivity index (χ0v) is 11.9. The maximum Gasteiger partial charge on any atom is 0.573 e. The Morgan fingerprint density at radius 2 is 1.87 bits per heavy atom. The molecule has 0 bridgehead atoms. The van der Waals surface area contributed by atoms with E-state index in [1.807, 2.05) is 0 Å². The van der Waals surface area contributed by atoms with E-state index in [9.17, 15) is 23.3 Å². The van der Waals surface area contributed by atoms with Crippen LogP contribution in [0, 0.1) is 10.1 Å². The first kappa shape index (κ1) is 16.5. The van der Waals surface area contributed by atoms with Crippen LogP contribution in [0.1, 0.15) is 18.5 Å². The van der Waals surface area contributed by atoms with Gasteiger partial charge in [0.1, 0.15) is 17.8 Å². The monoisotopic (exact) mass is 327 g/mol. The van der Waals surface area contributed by atoms with Crippen LogP contribution in [0.2, 0.25) is 0 Å². The molecule has 0 radical (unpaired) electrons. The lowest BCUT2D eigenvalue weighted by Gasteiger charge is -2.15. The molecule has 1 N–H and O–H groups in total. The summed E-state index contributed by atoms with van der Waals surface area (Å²) in [6.07, 6.45) is -3.61. The second kappa shape index (κ2) is 6.51. The molecular weight excluding hydrogens is 315 g/mol. The van der Waals surface area contributed by atoms with Crippen molar-refractivity contribution in [2.45, 2.75) is 19.3 Å². The number of hydrogen-bond acceptors (Lipinski definition) is 5. The first-order valence-corrected chi connectivity index (χ1v) is 6.47. The number of nitrogens with zero attached hydrogens (tertiary/aromatic N) is 2. The molecule has 2 aromatic rings. The summed E-state index contributed by atoms with van der Waals surface area (Å²) in [6, 6.07) is 7.91. The fourth-order valence-corrected chi connectivity index (χ4v) is 1.84. The first-order chi connectivity index (χ1) is 10.7. The van der Waals surface area contributed by atoms with Crippen molar-refractivity contribution in [3.8, 4) is 5.75 Å². The maximum absolute atomic E-state index is 12.1. The lowest BCUT2D eigenvalue weighted by Crippen LogP contribution is -2.17. The Hall–Kier alpha value is -2.84. The number of anilines is 1. The summed E-state index contributed by atoms with van der Waals surface area (Å²) in [5.74, 6) is 0.112. The Balaban J connectivity index is 2.02. The molecule has 0 amide bonds. The van der Waals surface area contributed by atoms with Crippen LogP contribution in [0.3, 0.4) is 0 Å². The largest absolute Gasteiger partial charge is 0.573 e. The molecule has 9 heteroatoms. The number of aromatic nitrogens is 1.